The van der Waals surface area contributed by atoms with Crippen LogP contribution in [-0.4, -0.2) is 43.4 Å². The lowest BCUT2D eigenvalue weighted by Gasteiger charge is -2.11. The Morgan fingerprint density at radius 1 is 1.07 bits per heavy atom. The van der Waals surface area contributed by atoms with Gasteiger partial charge in [0.25, 0.3) is 11.8 Å². The van der Waals surface area contributed by atoms with E-state index < -0.39 is 18.5 Å². The number of hydrogen-bond donors (Lipinski definition) is 1. The summed E-state index contributed by atoms with van der Waals surface area (Å²) in [5.74, 6) is -1.43. The number of carbonyl (C=O) groups excluding carboxylic acids is 3. The van der Waals surface area contributed by atoms with Crippen molar-refractivity contribution in [2.45, 2.75) is 0 Å². The van der Waals surface area contributed by atoms with E-state index in [4.69, 9.17) is 20.8 Å². The summed E-state index contributed by atoms with van der Waals surface area (Å²) >= 11 is 5.90. The Hall–Kier alpha value is -3.32. The third kappa shape index (κ3) is 4.50. The molecule has 0 saturated carbocycles. The predicted octanol–water partition coefficient (Wildman–Crippen LogP) is 3.58. The lowest BCUT2D eigenvalue weighted by atomic mass is 10.2. The van der Waals surface area contributed by atoms with Crippen LogP contribution >= 0.6 is 11.6 Å². The third-order valence-corrected chi connectivity index (χ3v) is 4.07. The molecule has 0 saturated heterocycles. The van der Waals surface area contributed by atoms with Gasteiger partial charge in [-0.2, -0.15) is 0 Å². The molecule has 144 valence electrons. The maximum Gasteiger partial charge on any atom is 0.374 e. The molecule has 1 heterocycles. The molecule has 0 bridgehead atoms. The molecule has 0 aliphatic rings. The molecule has 0 radical (unpaired) electrons. The minimum Gasteiger partial charge on any atom is -0.450 e. The van der Waals surface area contributed by atoms with E-state index in [1.165, 1.54) is 11.0 Å². The molecule has 0 unspecified atom stereocenters. The Morgan fingerprint density at radius 3 is 2.46 bits per heavy atom. The lowest BCUT2D eigenvalue weighted by Crippen LogP contribution is -2.22. The van der Waals surface area contributed by atoms with E-state index in [1.807, 2.05) is 0 Å². The second-order valence-electron chi connectivity index (χ2n) is 6.19. The van der Waals surface area contributed by atoms with Gasteiger partial charge < -0.3 is 19.4 Å². The fraction of sp³-hybridized carbons (Fsp3) is 0.150. The molecule has 1 N–H and O–H groups in total. The van der Waals surface area contributed by atoms with Gasteiger partial charge in [0.1, 0.15) is 5.58 Å². The third-order valence-electron chi connectivity index (χ3n) is 3.84. The van der Waals surface area contributed by atoms with Crippen molar-refractivity contribution in [3.05, 3.63) is 64.9 Å². The fourth-order valence-electron chi connectivity index (χ4n) is 2.47. The van der Waals surface area contributed by atoms with Crippen LogP contribution in [0.3, 0.4) is 0 Å². The average molecular weight is 401 g/mol. The number of furan rings is 1. The van der Waals surface area contributed by atoms with E-state index in [1.54, 1.807) is 56.6 Å². The number of anilines is 1. The van der Waals surface area contributed by atoms with Crippen molar-refractivity contribution in [3.63, 3.8) is 0 Å². The molecule has 0 aliphatic carbocycles. The minimum atomic E-state index is -0.755. The van der Waals surface area contributed by atoms with Gasteiger partial charge in [-0.15, -0.1) is 0 Å². The Kier molecular flexibility index (Phi) is 5.65. The van der Waals surface area contributed by atoms with Gasteiger partial charge in [-0.1, -0.05) is 11.6 Å². The number of fused-ring (bicyclic) bond motifs is 1. The highest BCUT2D eigenvalue weighted by atomic mass is 35.5. The lowest BCUT2D eigenvalue weighted by molar-refractivity contribution is -0.119. The summed E-state index contributed by atoms with van der Waals surface area (Å²) in [7, 11) is 3.31. The molecule has 0 fully saturated rings. The molecule has 2 aromatic carbocycles. The molecule has 7 nitrogen and oxygen atoms in total. The fourth-order valence-corrected chi connectivity index (χ4v) is 2.65. The van der Waals surface area contributed by atoms with E-state index in [-0.39, 0.29) is 11.7 Å². The minimum absolute atomic E-state index is 0.0170. The summed E-state index contributed by atoms with van der Waals surface area (Å²) < 4.78 is 10.4. The van der Waals surface area contributed by atoms with E-state index in [2.05, 4.69) is 5.32 Å². The molecule has 0 atom stereocenters. The highest BCUT2D eigenvalue weighted by Gasteiger charge is 2.16. The zero-order chi connectivity index (χ0) is 20.3. The van der Waals surface area contributed by atoms with Crippen LogP contribution in [0.15, 0.2) is 52.9 Å². The van der Waals surface area contributed by atoms with Gasteiger partial charge in [-0.3, -0.25) is 9.59 Å². The van der Waals surface area contributed by atoms with E-state index in [0.717, 1.165) is 0 Å². The summed E-state index contributed by atoms with van der Waals surface area (Å²) in [5.41, 5.74) is 1.47. The number of carbonyl (C=O) groups is 3. The first-order valence-corrected chi connectivity index (χ1v) is 8.69. The van der Waals surface area contributed by atoms with Crippen molar-refractivity contribution in [2.75, 3.05) is 26.0 Å². The Labute approximate surface area is 165 Å². The second-order valence-corrected chi connectivity index (χ2v) is 6.63. The van der Waals surface area contributed by atoms with Crippen molar-refractivity contribution in [1.29, 1.82) is 0 Å². The number of hydrogen-bond acceptors (Lipinski definition) is 5. The molecule has 0 aliphatic heterocycles. The largest absolute Gasteiger partial charge is 0.450 e. The highest BCUT2D eigenvalue weighted by Crippen LogP contribution is 2.23. The molecule has 3 rings (SSSR count). The molecule has 0 spiro atoms. The van der Waals surface area contributed by atoms with E-state index >= 15 is 0 Å². The van der Waals surface area contributed by atoms with Crippen LogP contribution in [0.5, 0.6) is 0 Å². The van der Waals surface area contributed by atoms with Gasteiger partial charge in [-0.25, -0.2) is 4.79 Å². The average Bonchev–Trinajstić information content (AvgIpc) is 3.09. The van der Waals surface area contributed by atoms with Gasteiger partial charge in [0.2, 0.25) is 5.76 Å². The highest BCUT2D eigenvalue weighted by molar-refractivity contribution is 6.31. The number of ether oxygens (including phenoxy) is 1. The topological polar surface area (TPSA) is 88.9 Å². The SMILES string of the molecule is CN(C)C(=O)c1ccc(NC(=O)COC(=O)c2cc3cc(Cl)ccc3o2)cc1. The molecule has 2 amide bonds. The first-order valence-electron chi connectivity index (χ1n) is 8.31. The van der Waals surface area contributed by atoms with Gasteiger partial charge in [-0.05, 0) is 48.5 Å². The van der Waals surface area contributed by atoms with Crippen molar-refractivity contribution in [3.8, 4) is 0 Å². The van der Waals surface area contributed by atoms with Crippen LogP contribution in [0.4, 0.5) is 5.69 Å². The number of rotatable bonds is 5. The number of nitrogens with one attached hydrogen (secondary N) is 1. The van der Waals surface area contributed by atoms with Gasteiger partial charge in [0.15, 0.2) is 6.61 Å². The predicted molar refractivity (Wildman–Crippen MR) is 105 cm³/mol. The number of benzene rings is 2. The molecule has 28 heavy (non-hydrogen) atoms. The van der Waals surface area contributed by atoms with Crippen LogP contribution < -0.4 is 5.32 Å². The summed E-state index contributed by atoms with van der Waals surface area (Å²) in [6.07, 6.45) is 0. The monoisotopic (exact) mass is 400 g/mol. The maximum atomic E-state index is 12.1. The standard InChI is InChI=1S/C20H17ClN2O5/c1-23(2)19(25)12-3-6-15(7-4-12)22-18(24)11-27-20(26)17-10-13-9-14(21)5-8-16(13)28-17/h3-10H,11H2,1-2H3,(H,22,24). The number of esters is 1. The van der Waals surface area contributed by atoms with Crippen molar-refractivity contribution < 1.29 is 23.5 Å². The van der Waals surface area contributed by atoms with Crippen molar-refractivity contribution in [1.82, 2.24) is 4.90 Å². The van der Waals surface area contributed by atoms with E-state index in [9.17, 15) is 14.4 Å². The van der Waals surface area contributed by atoms with Crippen LogP contribution in [0.25, 0.3) is 11.0 Å². The summed E-state index contributed by atoms with van der Waals surface area (Å²) in [5, 5.41) is 3.77. The Morgan fingerprint density at radius 2 is 1.79 bits per heavy atom. The first-order chi connectivity index (χ1) is 13.3. The van der Waals surface area contributed by atoms with Gasteiger partial charge >= 0.3 is 5.97 Å². The van der Waals surface area contributed by atoms with Gasteiger partial charge in [0, 0.05) is 35.8 Å². The Bertz CT molecular complexity index is 1040. The van der Waals surface area contributed by atoms with Crippen molar-refractivity contribution in [2.24, 2.45) is 0 Å². The second kappa shape index (κ2) is 8.14. The Balaban J connectivity index is 1.56. The zero-order valence-electron chi connectivity index (χ0n) is 15.2. The van der Waals surface area contributed by atoms with Crippen LogP contribution in [-0.2, 0) is 9.53 Å². The number of nitrogens with zero attached hydrogens (tertiary/aromatic N) is 1. The molecule has 8 heteroatoms. The van der Waals surface area contributed by atoms with Crippen LogP contribution in [0.1, 0.15) is 20.9 Å². The maximum absolute atomic E-state index is 12.1. The van der Waals surface area contributed by atoms with Crippen molar-refractivity contribution >= 4 is 46.0 Å². The molecule has 1 aromatic heterocycles. The van der Waals surface area contributed by atoms with Crippen LogP contribution in [0, 0.1) is 0 Å². The quantitative estimate of drug-likeness (QED) is 0.661. The normalized spacial score (nSPS) is 10.5. The van der Waals surface area contributed by atoms with Crippen LogP contribution in [0.2, 0.25) is 5.02 Å². The molecular weight excluding hydrogens is 384 g/mol. The molecular formula is C20H17ClN2O5. The number of amides is 2. The smallest absolute Gasteiger partial charge is 0.374 e. The zero-order valence-corrected chi connectivity index (χ0v) is 15.9. The summed E-state index contributed by atoms with van der Waals surface area (Å²) in [4.78, 5) is 37.3. The van der Waals surface area contributed by atoms with E-state index in [0.29, 0.717) is 27.2 Å². The number of halogens is 1. The molecule has 3 aromatic rings. The first kappa shape index (κ1) is 19.4. The summed E-state index contributed by atoms with van der Waals surface area (Å²) in [6.45, 7) is -0.477. The van der Waals surface area contributed by atoms with Gasteiger partial charge in [0.05, 0.1) is 0 Å². The summed E-state index contributed by atoms with van der Waals surface area (Å²) in [6, 6.07) is 12.8.